The Kier molecular flexibility index (Phi) is 3.97. The average Bonchev–Trinajstić information content (AvgIpc) is 2.38. The molecule has 1 aromatic rings. The standard InChI is InChI=1S/C12H11F3O2S/c13-12(14,15)9-3-1-8(2-4-9)11(16)10-7-18-6-5-17-10/h1-4,10H,5-7H2. The van der Waals surface area contributed by atoms with Crippen molar-refractivity contribution < 1.29 is 22.7 Å². The number of ketones is 1. The van der Waals surface area contributed by atoms with Crippen LogP contribution >= 0.6 is 11.8 Å². The van der Waals surface area contributed by atoms with E-state index in [0.29, 0.717) is 12.4 Å². The summed E-state index contributed by atoms with van der Waals surface area (Å²) in [6, 6.07) is 4.24. The van der Waals surface area contributed by atoms with Crippen LogP contribution in [0.1, 0.15) is 15.9 Å². The first-order valence-corrected chi connectivity index (χ1v) is 6.55. The Labute approximate surface area is 107 Å². The fourth-order valence-corrected chi connectivity index (χ4v) is 2.49. The SMILES string of the molecule is O=C(c1ccc(C(F)(F)F)cc1)C1CSCCO1. The van der Waals surface area contributed by atoms with Crippen LogP contribution < -0.4 is 0 Å². The first-order chi connectivity index (χ1) is 8.48. The average molecular weight is 276 g/mol. The Morgan fingerprint density at radius 1 is 1.28 bits per heavy atom. The number of hydrogen-bond donors (Lipinski definition) is 0. The van der Waals surface area contributed by atoms with E-state index in [1.54, 1.807) is 11.8 Å². The summed E-state index contributed by atoms with van der Waals surface area (Å²) in [5, 5.41) is 0. The Hall–Kier alpha value is -1.01. The van der Waals surface area contributed by atoms with Gasteiger partial charge >= 0.3 is 6.18 Å². The lowest BCUT2D eigenvalue weighted by molar-refractivity contribution is -0.137. The van der Waals surface area contributed by atoms with Crippen molar-refractivity contribution in [2.45, 2.75) is 12.3 Å². The molecule has 2 nitrogen and oxygen atoms in total. The second-order valence-electron chi connectivity index (χ2n) is 3.87. The van der Waals surface area contributed by atoms with Crippen LogP contribution in [0.25, 0.3) is 0 Å². The molecule has 0 radical (unpaired) electrons. The third-order valence-electron chi connectivity index (χ3n) is 2.61. The lowest BCUT2D eigenvalue weighted by Gasteiger charge is -2.21. The van der Waals surface area contributed by atoms with Gasteiger partial charge in [0, 0.05) is 17.1 Å². The van der Waals surface area contributed by atoms with Crippen LogP contribution in [0.15, 0.2) is 24.3 Å². The molecule has 1 unspecified atom stereocenters. The van der Waals surface area contributed by atoms with Crippen LogP contribution in [0.4, 0.5) is 13.2 Å². The Morgan fingerprint density at radius 2 is 1.94 bits per heavy atom. The predicted molar refractivity (Wildman–Crippen MR) is 62.8 cm³/mol. The minimum Gasteiger partial charge on any atom is -0.368 e. The molecule has 6 heteroatoms. The van der Waals surface area contributed by atoms with E-state index in [2.05, 4.69) is 0 Å². The van der Waals surface area contributed by atoms with Gasteiger partial charge in [-0.3, -0.25) is 4.79 Å². The second-order valence-corrected chi connectivity index (χ2v) is 5.02. The van der Waals surface area contributed by atoms with E-state index in [9.17, 15) is 18.0 Å². The van der Waals surface area contributed by atoms with E-state index in [4.69, 9.17) is 4.74 Å². The maximum absolute atomic E-state index is 12.4. The molecule has 0 aromatic heterocycles. The zero-order chi connectivity index (χ0) is 13.2. The summed E-state index contributed by atoms with van der Waals surface area (Å²) in [5.74, 6) is 1.15. The maximum atomic E-state index is 12.4. The number of ether oxygens (including phenoxy) is 1. The first kappa shape index (κ1) is 13.4. The van der Waals surface area contributed by atoms with Crippen molar-refractivity contribution in [3.8, 4) is 0 Å². The monoisotopic (exact) mass is 276 g/mol. The van der Waals surface area contributed by atoms with Gasteiger partial charge in [-0.25, -0.2) is 0 Å². The Morgan fingerprint density at radius 3 is 2.44 bits per heavy atom. The van der Waals surface area contributed by atoms with Crippen LogP contribution in [-0.2, 0) is 10.9 Å². The molecule has 1 aliphatic heterocycles. The summed E-state index contributed by atoms with van der Waals surface area (Å²) in [7, 11) is 0. The van der Waals surface area contributed by atoms with Gasteiger partial charge in [0.05, 0.1) is 12.2 Å². The van der Waals surface area contributed by atoms with E-state index >= 15 is 0 Å². The van der Waals surface area contributed by atoms with Gasteiger partial charge in [0.15, 0.2) is 5.78 Å². The minimum absolute atomic E-state index is 0.254. The van der Waals surface area contributed by atoms with Gasteiger partial charge in [-0.15, -0.1) is 0 Å². The van der Waals surface area contributed by atoms with Gasteiger partial charge in [-0.05, 0) is 12.1 Å². The maximum Gasteiger partial charge on any atom is 0.416 e. The van der Waals surface area contributed by atoms with Gasteiger partial charge < -0.3 is 4.74 Å². The summed E-state index contributed by atoms with van der Waals surface area (Å²) in [6.45, 7) is 0.502. The number of carbonyl (C=O) groups excluding carboxylic acids is 1. The van der Waals surface area contributed by atoms with Crippen LogP contribution in [0, 0.1) is 0 Å². The van der Waals surface area contributed by atoms with Gasteiger partial charge in [-0.1, -0.05) is 12.1 Å². The molecule has 0 aliphatic carbocycles. The molecule has 18 heavy (non-hydrogen) atoms. The number of rotatable bonds is 2. The number of alkyl halides is 3. The van der Waals surface area contributed by atoms with Crippen molar-refractivity contribution in [1.82, 2.24) is 0 Å². The molecule has 98 valence electrons. The normalized spacial score (nSPS) is 20.7. The van der Waals surface area contributed by atoms with Crippen molar-refractivity contribution >= 4 is 17.5 Å². The highest BCUT2D eigenvalue weighted by Gasteiger charge is 2.31. The number of benzene rings is 1. The number of hydrogen-bond acceptors (Lipinski definition) is 3. The topological polar surface area (TPSA) is 26.3 Å². The van der Waals surface area contributed by atoms with E-state index in [1.165, 1.54) is 12.1 Å². The van der Waals surface area contributed by atoms with Crippen LogP contribution in [0.3, 0.4) is 0 Å². The molecule has 1 fully saturated rings. The van der Waals surface area contributed by atoms with Crippen molar-refractivity contribution in [1.29, 1.82) is 0 Å². The first-order valence-electron chi connectivity index (χ1n) is 5.39. The summed E-state index contributed by atoms with van der Waals surface area (Å²) in [6.07, 6.45) is -4.92. The molecule has 1 aromatic carbocycles. The smallest absolute Gasteiger partial charge is 0.368 e. The van der Waals surface area contributed by atoms with Crippen molar-refractivity contribution in [3.05, 3.63) is 35.4 Å². The third-order valence-corrected chi connectivity index (χ3v) is 3.60. The van der Waals surface area contributed by atoms with E-state index in [-0.39, 0.29) is 11.3 Å². The fourth-order valence-electron chi connectivity index (χ4n) is 1.65. The van der Waals surface area contributed by atoms with Crippen molar-refractivity contribution in [2.75, 3.05) is 18.1 Å². The Bertz CT molecular complexity index is 422. The van der Waals surface area contributed by atoms with Crippen molar-refractivity contribution in [2.24, 2.45) is 0 Å². The molecular formula is C12H11F3O2S. The summed E-state index contributed by atoms with van der Waals surface area (Å²) in [4.78, 5) is 11.9. The number of thioether (sulfide) groups is 1. The summed E-state index contributed by atoms with van der Waals surface area (Å²) < 4.78 is 42.4. The molecule has 2 rings (SSSR count). The van der Waals surface area contributed by atoms with Crippen LogP contribution in [0.5, 0.6) is 0 Å². The van der Waals surface area contributed by atoms with E-state index in [1.807, 2.05) is 0 Å². The lowest BCUT2D eigenvalue weighted by atomic mass is 10.0. The number of carbonyl (C=O) groups is 1. The zero-order valence-corrected chi connectivity index (χ0v) is 10.2. The zero-order valence-electron chi connectivity index (χ0n) is 9.37. The molecule has 1 atom stereocenters. The fraction of sp³-hybridized carbons (Fsp3) is 0.417. The molecule has 0 bridgehead atoms. The van der Waals surface area contributed by atoms with E-state index in [0.717, 1.165) is 17.9 Å². The van der Waals surface area contributed by atoms with E-state index < -0.39 is 17.8 Å². The molecule has 0 amide bonds. The summed E-state index contributed by atoms with van der Waals surface area (Å²) >= 11 is 1.61. The second kappa shape index (κ2) is 5.32. The largest absolute Gasteiger partial charge is 0.416 e. The number of halogens is 3. The van der Waals surface area contributed by atoms with Gasteiger partial charge in [0.25, 0.3) is 0 Å². The van der Waals surface area contributed by atoms with Crippen molar-refractivity contribution in [3.63, 3.8) is 0 Å². The van der Waals surface area contributed by atoms with Gasteiger partial charge in [-0.2, -0.15) is 24.9 Å². The van der Waals surface area contributed by atoms with Crippen LogP contribution in [0.2, 0.25) is 0 Å². The number of Topliss-reactive ketones (excluding diaryl/α,β-unsaturated/α-hetero) is 1. The lowest BCUT2D eigenvalue weighted by Crippen LogP contribution is -2.31. The molecule has 1 heterocycles. The molecular weight excluding hydrogens is 265 g/mol. The highest BCUT2D eigenvalue weighted by atomic mass is 32.2. The highest BCUT2D eigenvalue weighted by molar-refractivity contribution is 7.99. The quantitative estimate of drug-likeness (QED) is 0.777. The van der Waals surface area contributed by atoms with Gasteiger partial charge in [0.1, 0.15) is 6.10 Å². The summed E-state index contributed by atoms with van der Waals surface area (Å²) in [5.41, 5.74) is -0.492. The highest BCUT2D eigenvalue weighted by Crippen LogP contribution is 2.29. The predicted octanol–water partition coefficient (Wildman–Crippen LogP) is 3.02. The minimum atomic E-state index is -4.38. The Balaban J connectivity index is 2.11. The molecule has 0 N–H and O–H groups in total. The third kappa shape index (κ3) is 3.05. The van der Waals surface area contributed by atoms with Gasteiger partial charge in [0.2, 0.25) is 0 Å². The molecule has 0 spiro atoms. The van der Waals surface area contributed by atoms with Crippen LogP contribution in [-0.4, -0.2) is 30.0 Å². The molecule has 0 saturated carbocycles. The molecule has 1 saturated heterocycles. The molecule has 1 aliphatic rings.